The highest BCUT2D eigenvalue weighted by Gasteiger charge is 2.22. The first-order valence-corrected chi connectivity index (χ1v) is 7.40. The van der Waals surface area contributed by atoms with E-state index in [1.807, 2.05) is 12.1 Å². The second kappa shape index (κ2) is 7.28. The fourth-order valence-corrected chi connectivity index (χ4v) is 2.45. The van der Waals surface area contributed by atoms with E-state index < -0.39 is 0 Å². The summed E-state index contributed by atoms with van der Waals surface area (Å²) in [6, 6.07) is 8.55. The molecule has 1 unspecified atom stereocenters. The van der Waals surface area contributed by atoms with E-state index in [2.05, 4.69) is 57.1 Å². The van der Waals surface area contributed by atoms with E-state index in [0.717, 1.165) is 24.7 Å². The van der Waals surface area contributed by atoms with Gasteiger partial charge in [0, 0.05) is 24.2 Å². The molecule has 0 amide bonds. The highest BCUT2D eigenvalue weighted by molar-refractivity contribution is 6.30. The number of hydrogen-bond acceptors (Lipinski definition) is 2. The molecule has 108 valence electrons. The van der Waals surface area contributed by atoms with Gasteiger partial charge in [-0.2, -0.15) is 0 Å². The van der Waals surface area contributed by atoms with Crippen molar-refractivity contribution in [2.24, 2.45) is 5.41 Å². The minimum absolute atomic E-state index is 0.269. The van der Waals surface area contributed by atoms with Gasteiger partial charge < -0.3 is 5.32 Å². The summed E-state index contributed by atoms with van der Waals surface area (Å²) in [5.74, 6) is 0. The number of benzene rings is 1. The van der Waals surface area contributed by atoms with Crippen molar-refractivity contribution in [1.29, 1.82) is 0 Å². The van der Waals surface area contributed by atoms with Gasteiger partial charge in [0.05, 0.1) is 0 Å². The van der Waals surface area contributed by atoms with Crippen molar-refractivity contribution in [3.63, 3.8) is 0 Å². The Morgan fingerprint density at radius 1 is 1.26 bits per heavy atom. The summed E-state index contributed by atoms with van der Waals surface area (Å²) < 4.78 is 0. The van der Waals surface area contributed by atoms with E-state index in [9.17, 15) is 0 Å². The van der Waals surface area contributed by atoms with Crippen LogP contribution in [-0.2, 0) is 0 Å². The molecule has 1 atom stereocenters. The Labute approximate surface area is 123 Å². The monoisotopic (exact) mass is 282 g/mol. The molecule has 0 radical (unpaired) electrons. The normalized spacial score (nSPS) is 13.8. The van der Waals surface area contributed by atoms with Crippen LogP contribution in [0, 0.1) is 5.41 Å². The zero-order valence-electron chi connectivity index (χ0n) is 12.8. The van der Waals surface area contributed by atoms with Gasteiger partial charge in [-0.3, -0.25) is 4.90 Å². The second-order valence-corrected chi connectivity index (χ2v) is 6.52. The van der Waals surface area contributed by atoms with Crippen molar-refractivity contribution in [3.05, 3.63) is 34.9 Å². The first-order valence-electron chi connectivity index (χ1n) is 7.02. The zero-order chi connectivity index (χ0) is 14.5. The predicted molar refractivity (Wildman–Crippen MR) is 84.8 cm³/mol. The van der Waals surface area contributed by atoms with E-state index in [1.54, 1.807) is 0 Å². The lowest BCUT2D eigenvalue weighted by molar-refractivity contribution is 0.166. The van der Waals surface area contributed by atoms with Crippen molar-refractivity contribution in [2.75, 3.05) is 26.7 Å². The van der Waals surface area contributed by atoms with Gasteiger partial charge in [-0.05, 0) is 43.6 Å². The summed E-state index contributed by atoms with van der Waals surface area (Å²) in [5.41, 5.74) is 1.58. The van der Waals surface area contributed by atoms with E-state index in [4.69, 9.17) is 11.6 Å². The summed E-state index contributed by atoms with van der Waals surface area (Å²) in [6.07, 6.45) is 0. The number of halogens is 1. The molecule has 2 nitrogen and oxygen atoms in total. The lowest BCUT2D eigenvalue weighted by Gasteiger charge is -2.34. The standard InChI is InChI=1S/C16H27ClN2/c1-6-18-11-16(3,4)12-19(5)13(2)14-7-9-15(17)10-8-14/h7-10,13,18H,6,11-12H2,1-5H3. The lowest BCUT2D eigenvalue weighted by atomic mass is 9.91. The molecule has 3 heteroatoms. The van der Waals surface area contributed by atoms with Gasteiger partial charge in [0.15, 0.2) is 0 Å². The van der Waals surface area contributed by atoms with Gasteiger partial charge >= 0.3 is 0 Å². The molecular weight excluding hydrogens is 256 g/mol. The maximum atomic E-state index is 5.94. The Morgan fingerprint density at radius 2 is 1.84 bits per heavy atom. The fraction of sp³-hybridized carbons (Fsp3) is 0.625. The van der Waals surface area contributed by atoms with Crippen molar-refractivity contribution < 1.29 is 0 Å². The van der Waals surface area contributed by atoms with Crippen LogP contribution in [0.15, 0.2) is 24.3 Å². The average molecular weight is 283 g/mol. The topological polar surface area (TPSA) is 15.3 Å². The van der Waals surface area contributed by atoms with Crippen LogP contribution in [0.2, 0.25) is 5.02 Å². The molecule has 0 aliphatic rings. The van der Waals surface area contributed by atoms with Gasteiger partial charge in [-0.1, -0.05) is 44.5 Å². The highest BCUT2D eigenvalue weighted by Crippen LogP contribution is 2.24. The average Bonchev–Trinajstić information content (AvgIpc) is 2.36. The Morgan fingerprint density at radius 3 is 2.37 bits per heavy atom. The van der Waals surface area contributed by atoms with Gasteiger partial charge in [0.2, 0.25) is 0 Å². The smallest absolute Gasteiger partial charge is 0.0406 e. The fourth-order valence-electron chi connectivity index (χ4n) is 2.33. The summed E-state index contributed by atoms with van der Waals surface area (Å²) in [5, 5.41) is 4.23. The van der Waals surface area contributed by atoms with E-state index in [-0.39, 0.29) is 5.41 Å². The Balaban J connectivity index is 2.61. The van der Waals surface area contributed by atoms with Gasteiger partial charge in [0.1, 0.15) is 0 Å². The SMILES string of the molecule is CCNCC(C)(C)CN(C)C(C)c1ccc(Cl)cc1. The van der Waals surface area contributed by atoms with Crippen LogP contribution in [0.5, 0.6) is 0 Å². The van der Waals surface area contributed by atoms with E-state index in [1.165, 1.54) is 5.56 Å². The van der Waals surface area contributed by atoms with E-state index >= 15 is 0 Å². The van der Waals surface area contributed by atoms with Crippen LogP contribution in [0.1, 0.15) is 39.3 Å². The molecule has 1 rings (SSSR count). The third kappa shape index (κ3) is 5.52. The molecule has 1 aromatic carbocycles. The number of nitrogens with one attached hydrogen (secondary N) is 1. The minimum atomic E-state index is 0.269. The van der Waals surface area contributed by atoms with Crippen LogP contribution in [0.3, 0.4) is 0 Å². The quantitative estimate of drug-likeness (QED) is 0.814. The number of rotatable bonds is 7. The predicted octanol–water partition coefficient (Wildman–Crippen LogP) is 3.97. The van der Waals surface area contributed by atoms with Crippen LogP contribution < -0.4 is 5.32 Å². The molecule has 0 bridgehead atoms. The lowest BCUT2D eigenvalue weighted by Crippen LogP contribution is -2.39. The summed E-state index contributed by atoms with van der Waals surface area (Å²) in [4.78, 5) is 2.40. The van der Waals surface area contributed by atoms with Crippen LogP contribution in [0.25, 0.3) is 0 Å². The van der Waals surface area contributed by atoms with Crippen molar-refractivity contribution in [3.8, 4) is 0 Å². The van der Waals surface area contributed by atoms with Crippen LogP contribution >= 0.6 is 11.6 Å². The molecule has 1 N–H and O–H groups in total. The largest absolute Gasteiger partial charge is 0.316 e. The Hall–Kier alpha value is -0.570. The maximum absolute atomic E-state index is 5.94. The summed E-state index contributed by atoms with van der Waals surface area (Å²) in [6.45, 7) is 12.1. The third-order valence-corrected chi connectivity index (χ3v) is 3.80. The molecule has 0 spiro atoms. The molecule has 0 heterocycles. The molecule has 1 aromatic rings. The van der Waals surface area contributed by atoms with Crippen LogP contribution in [-0.4, -0.2) is 31.6 Å². The zero-order valence-corrected chi connectivity index (χ0v) is 13.6. The van der Waals surface area contributed by atoms with Gasteiger partial charge in [-0.25, -0.2) is 0 Å². The van der Waals surface area contributed by atoms with Crippen molar-refractivity contribution in [2.45, 2.75) is 33.7 Å². The molecular formula is C16H27ClN2. The molecule has 0 aromatic heterocycles. The molecule has 0 saturated heterocycles. The third-order valence-electron chi connectivity index (χ3n) is 3.54. The Kier molecular flexibility index (Phi) is 6.31. The molecule has 0 aliphatic heterocycles. The summed E-state index contributed by atoms with van der Waals surface area (Å²) >= 11 is 5.94. The Bertz CT molecular complexity index is 373. The second-order valence-electron chi connectivity index (χ2n) is 6.09. The molecule has 0 saturated carbocycles. The van der Waals surface area contributed by atoms with Crippen LogP contribution in [0.4, 0.5) is 0 Å². The minimum Gasteiger partial charge on any atom is -0.316 e. The molecule has 19 heavy (non-hydrogen) atoms. The number of nitrogens with zero attached hydrogens (tertiary/aromatic N) is 1. The molecule has 0 fully saturated rings. The van der Waals surface area contributed by atoms with Crippen molar-refractivity contribution >= 4 is 11.6 Å². The van der Waals surface area contributed by atoms with Crippen molar-refractivity contribution in [1.82, 2.24) is 10.2 Å². The molecule has 0 aliphatic carbocycles. The maximum Gasteiger partial charge on any atom is 0.0406 e. The van der Waals surface area contributed by atoms with E-state index in [0.29, 0.717) is 6.04 Å². The first-order chi connectivity index (χ1) is 8.85. The number of hydrogen-bond donors (Lipinski definition) is 1. The highest BCUT2D eigenvalue weighted by atomic mass is 35.5. The summed E-state index contributed by atoms with van der Waals surface area (Å²) in [7, 11) is 2.19. The first kappa shape index (κ1) is 16.5. The van der Waals surface area contributed by atoms with Gasteiger partial charge in [0.25, 0.3) is 0 Å². The van der Waals surface area contributed by atoms with Gasteiger partial charge in [-0.15, -0.1) is 0 Å².